The van der Waals surface area contributed by atoms with Crippen LogP contribution in [0.15, 0.2) is 24.5 Å². The van der Waals surface area contributed by atoms with Gasteiger partial charge < -0.3 is 5.32 Å². The Hall–Kier alpha value is -1.09. The minimum absolute atomic E-state index is 0.00818. The van der Waals surface area contributed by atoms with E-state index in [2.05, 4.69) is 10.3 Å². The van der Waals surface area contributed by atoms with Crippen molar-refractivity contribution in [1.29, 1.82) is 0 Å². The van der Waals surface area contributed by atoms with Crippen LogP contribution >= 0.6 is 11.6 Å². The van der Waals surface area contributed by atoms with E-state index >= 15 is 0 Å². The summed E-state index contributed by atoms with van der Waals surface area (Å²) in [5, 5.41) is 2.90. The van der Waals surface area contributed by atoms with Crippen molar-refractivity contribution in [1.82, 2.24) is 10.3 Å². The molecule has 0 aliphatic carbocycles. The Balaban J connectivity index is 2.56. The van der Waals surface area contributed by atoms with Crippen LogP contribution < -0.4 is 5.32 Å². The van der Waals surface area contributed by atoms with E-state index in [0.717, 1.165) is 5.56 Å². The molecule has 0 aromatic carbocycles. The molecule has 0 aliphatic heterocycles. The van der Waals surface area contributed by atoms with Gasteiger partial charge in [0.15, 0.2) is 0 Å². The molecule has 3 nitrogen and oxygen atoms in total. The SMILES string of the molecule is CC(CCl)C(=O)N[C@H](C)c1ccncc1. The Morgan fingerprint density at radius 3 is 2.60 bits per heavy atom. The number of hydrogen-bond donors (Lipinski definition) is 1. The van der Waals surface area contributed by atoms with Gasteiger partial charge in [0.1, 0.15) is 0 Å². The lowest BCUT2D eigenvalue weighted by Crippen LogP contribution is -2.32. The number of carbonyl (C=O) groups excluding carboxylic acids is 1. The second-order valence-electron chi connectivity index (χ2n) is 3.57. The number of aromatic nitrogens is 1. The van der Waals surface area contributed by atoms with E-state index in [1.807, 2.05) is 26.0 Å². The molecule has 1 unspecified atom stereocenters. The molecule has 1 rings (SSSR count). The van der Waals surface area contributed by atoms with Gasteiger partial charge in [0, 0.05) is 24.2 Å². The van der Waals surface area contributed by atoms with Crippen LogP contribution in [0.25, 0.3) is 0 Å². The highest BCUT2D eigenvalue weighted by atomic mass is 35.5. The zero-order valence-electron chi connectivity index (χ0n) is 8.90. The highest BCUT2D eigenvalue weighted by Gasteiger charge is 2.14. The Morgan fingerprint density at radius 2 is 2.07 bits per heavy atom. The Bertz CT molecular complexity index is 316. The minimum atomic E-state index is -0.157. The number of pyridine rings is 1. The van der Waals surface area contributed by atoms with E-state index in [0.29, 0.717) is 5.88 Å². The summed E-state index contributed by atoms with van der Waals surface area (Å²) < 4.78 is 0. The van der Waals surface area contributed by atoms with Crippen LogP contribution in [0.5, 0.6) is 0 Å². The number of halogens is 1. The predicted molar refractivity (Wildman–Crippen MR) is 60.7 cm³/mol. The Kier molecular flexibility index (Phi) is 4.56. The molecule has 0 saturated heterocycles. The van der Waals surface area contributed by atoms with Crippen molar-refractivity contribution < 1.29 is 4.79 Å². The molecule has 0 fully saturated rings. The van der Waals surface area contributed by atoms with Gasteiger partial charge in [-0.3, -0.25) is 9.78 Å². The molecule has 1 heterocycles. The van der Waals surface area contributed by atoms with Gasteiger partial charge in [0.25, 0.3) is 0 Å². The monoisotopic (exact) mass is 226 g/mol. The van der Waals surface area contributed by atoms with Crippen LogP contribution in [0.2, 0.25) is 0 Å². The van der Waals surface area contributed by atoms with E-state index in [1.165, 1.54) is 0 Å². The first kappa shape index (κ1) is 12.0. The van der Waals surface area contributed by atoms with E-state index in [1.54, 1.807) is 12.4 Å². The summed E-state index contributed by atoms with van der Waals surface area (Å²) in [4.78, 5) is 15.5. The molecule has 1 amide bonds. The van der Waals surface area contributed by atoms with Crippen molar-refractivity contribution in [2.45, 2.75) is 19.9 Å². The first-order valence-corrected chi connectivity index (χ1v) is 5.45. The molecule has 1 aromatic rings. The molecule has 15 heavy (non-hydrogen) atoms. The zero-order chi connectivity index (χ0) is 11.3. The maximum Gasteiger partial charge on any atom is 0.224 e. The smallest absolute Gasteiger partial charge is 0.224 e. The molecule has 0 radical (unpaired) electrons. The Labute approximate surface area is 94.9 Å². The standard InChI is InChI=1S/C11H15ClN2O/c1-8(7-12)11(15)14-9(2)10-3-5-13-6-4-10/h3-6,8-9H,7H2,1-2H3,(H,14,15)/t8?,9-/m1/s1. The molecule has 82 valence electrons. The number of rotatable bonds is 4. The van der Waals surface area contributed by atoms with Crippen molar-refractivity contribution in [2.75, 3.05) is 5.88 Å². The number of alkyl halides is 1. The first-order valence-electron chi connectivity index (χ1n) is 4.91. The lowest BCUT2D eigenvalue weighted by Gasteiger charge is -2.16. The van der Waals surface area contributed by atoms with Crippen molar-refractivity contribution in [3.8, 4) is 0 Å². The molecule has 4 heteroatoms. The van der Waals surface area contributed by atoms with Crippen molar-refractivity contribution >= 4 is 17.5 Å². The Morgan fingerprint density at radius 1 is 1.47 bits per heavy atom. The molecule has 2 atom stereocenters. The van der Waals surface area contributed by atoms with Crippen LogP contribution in [-0.2, 0) is 4.79 Å². The zero-order valence-corrected chi connectivity index (χ0v) is 9.66. The number of carbonyl (C=O) groups is 1. The van der Waals surface area contributed by atoms with Gasteiger partial charge in [-0.05, 0) is 24.6 Å². The molecular formula is C11H15ClN2O. The van der Waals surface area contributed by atoms with Crippen LogP contribution in [0.1, 0.15) is 25.5 Å². The maximum atomic E-state index is 11.5. The molecule has 1 aromatic heterocycles. The maximum absolute atomic E-state index is 11.5. The van der Waals surface area contributed by atoms with Gasteiger partial charge in [0.2, 0.25) is 5.91 Å². The summed E-state index contributed by atoms with van der Waals surface area (Å²) in [5.74, 6) is 0.166. The second kappa shape index (κ2) is 5.71. The third-order valence-electron chi connectivity index (χ3n) is 2.24. The van der Waals surface area contributed by atoms with Crippen molar-refractivity contribution in [3.63, 3.8) is 0 Å². The number of hydrogen-bond acceptors (Lipinski definition) is 2. The summed E-state index contributed by atoms with van der Waals surface area (Å²) in [6, 6.07) is 3.76. The van der Waals surface area contributed by atoms with Crippen LogP contribution in [0, 0.1) is 5.92 Å². The normalized spacial score (nSPS) is 14.3. The van der Waals surface area contributed by atoms with E-state index in [-0.39, 0.29) is 17.9 Å². The van der Waals surface area contributed by atoms with Gasteiger partial charge in [-0.25, -0.2) is 0 Å². The van der Waals surface area contributed by atoms with Crippen molar-refractivity contribution in [2.24, 2.45) is 5.92 Å². The molecule has 0 aliphatic rings. The first-order chi connectivity index (χ1) is 7.15. The summed E-state index contributed by atoms with van der Waals surface area (Å²) in [7, 11) is 0. The van der Waals surface area contributed by atoms with Crippen molar-refractivity contribution in [3.05, 3.63) is 30.1 Å². The topological polar surface area (TPSA) is 42.0 Å². The fraction of sp³-hybridized carbons (Fsp3) is 0.455. The largest absolute Gasteiger partial charge is 0.349 e. The van der Waals surface area contributed by atoms with Crippen LogP contribution in [0.3, 0.4) is 0 Å². The summed E-state index contributed by atoms with van der Waals surface area (Å²) >= 11 is 5.61. The molecular weight excluding hydrogens is 212 g/mol. The van der Waals surface area contributed by atoms with Gasteiger partial charge in [0.05, 0.1) is 6.04 Å². The van der Waals surface area contributed by atoms with Gasteiger partial charge in [-0.15, -0.1) is 11.6 Å². The number of nitrogens with one attached hydrogen (secondary N) is 1. The summed E-state index contributed by atoms with van der Waals surface area (Å²) in [6.07, 6.45) is 3.42. The lowest BCUT2D eigenvalue weighted by molar-refractivity contribution is -0.124. The fourth-order valence-corrected chi connectivity index (χ4v) is 1.30. The highest BCUT2D eigenvalue weighted by Crippen LogP contribution is 2.11. The minimum Gasteiger partial charge on any atom is -0.349 e. The van der Waals surface area contributed by atoms with E-state index in [4.69, 9.17) is 11.6 Å². The van der Waals surface area contributed by atoms with Gasteiger partial charge in [-0.2, -0.15) is 0 Å². The molecule has 0 spiro atoms. The fourth-order valence-electron chi connectivity index (χ4n) is 1.16. The quantitative estimate of drug-likeness (QED) is 0.800. The molecule has 0 bridgehead atoms. The third-order valence-corrected chi connectivity index (χ3v) is 2.71. The van der Waals surface area contributed by atoms with Gasteiger partial charge >= 0.3 is 0 Å². The second-order valence-corrected chi connectivity index (χ2v) is 3.87. The molecule has 1 N–H and O–H groups in total. The van der Waals surface area contributed by atoms with E-state index < -0.39 is 0 Å². The summed E-state index contributed by atoms with van der Waals surface area (Å²) in [6.45, 7) is 3.75. The van der Waals surface area contributed by atoms with Crippen LogP contribution in [-0.4, -0.2) is 16.8 Å². The van der Waals surface area contributed by atoms with Gasteiger partial charge in [-0.1, -0.05) is 6.92 Å². The highest BCUT2D eigenvalue weighted by molar-refractivity contribution is 6.19. The third kappa shape index (κ3) is 3.51. The lowest BCUT2D eigenvalue weighted by atomic mass is 10.1. The average Bonchev–Trinajstić information content (AvgIpc) is 2.29. The van der Waals surface area contributed by atoms with Crippen LogP contribution in [0.4, 0.5) is 0 Å². The summed E-state index contributed by atoms with van der Waals surface area (Å²) in [5.41, 5.74) is 1.04. The predicted octanol–water partition coefficient (Wildman–Crippen LogP) is 2.13. The average molecular weight is 227 g/mol. The molecule has 0 saturated carbocycles. The number of nitrogens with zero attached hydrogens (tertiary/aromatic N) is 1. The van der Waals surface area contributed by atoms with E-state index in [9.17, 15) is 4.79 Å². The number of amides is 1.